The molecule has 0 amide bonds. The fourth-order valence-corrected chi connectivity index (χ4v) is 2.74. The lowest BCUT2D eigenvalue weighted by Gasteiger charge is -2.32. The van der Waals surface area contributed by atoms with Gasteiger partial charge in [-0.05, 0) is 24.3 Å². The zero-order valence-electron chi connectivity index (χ0n) is 12.7. The fraction of sp³-hybridized carbons (Fsp3) is 0.312. The molecule has 2 aromatic rings. The lowest BCUT2D eigenvalue weighted by molar-refractivity contribution is 0.00331. The van der Waals surface area contributed by atoms with Gasteiger partial charge in [0, 0.05) is 23.7 Å². The van der Waals surface area contributed by atoms with E-state index in [0.717, 1.165) is 0 Å². The molecule has 1 aliphatic rings. The van der Waals surface area contributed by atoms with E-state index in [4.69, 9.17) is 16.3 Å². The SMILES string of the molecule is N#Cc1cc(-c2ccc(Cl)cc2O)nnc1N1CCO[C@H](CO)C1. The molecule has 1 saturated heterocycles. The summed E-state index contributed by atoms with van der Waals surface area (Å²) in [6.45, 7) is 1.34. The molecular formula is C16H15ClN4O3. The normalized spacial score (nSPS) is 17.5. The lowest BCUT2D eigenvalue weighted by atomic mass is 10.1. The predicted molar refractivity (Wildman–Crippen MR) is 87.9 cm³/mol. The number of aliphatic hydroxyl groups excluding tert-OH is 1. The molecule has 124 valence electrons. The molecule has 0 aliphatic carbocycles. The van der Waals surface area contributed by atoms with Gasteiger partial charge in [-0.1, -0.05) is 11.6 Å². The third-order valence-corrected chi connectivity index (χ3v) is 4.01. The number of phenolic OH excluding ortho intramolecular Hbond substituents is 1. The zero-order chi connectivity index (χ0) is 17.1. The number of rotatable bonds is 3. The molecule has 7 nitrogen and oxygen atoms in total. The van der Waals surface area contributed by atoms with Gasteiger partial charge in [-0.25, -0.2) is 0 Å². The minimum atomic E-state index is -0.313. The van der Waals surface area contributed by atoms with Crippen LogP contribution in [0.5, 0.6) is 5.75 Å². The molecule has 1 aromatic heterocycles. The van der Waals surface area contributed by atoms with Gasteiger partial charge in [-0.3, -0.25) is 0 Å². The second-order valence-electron chi connectivity index (χ2n) is 5.36. The maximum Gasteiger partial charge on any atom is 0.169 e. The Morgan fingerprint density at radius 2 is 2.21 bits per heavy atom. The Bertz CT molecular complexity index is 793. The number of nitriles is 1. The van der Waals surface area contributed by atoms with Gasteiger partial charge in [0.05, 0.1) is 30.6 Å². The van der Waals surface area contributed by atoms with Crippen LogP contribution in [0.3, 0.4) is 0 Å². The second kappa shape index (κ2) is 7.01. The van der Waals surface area contributed by atoms with E-state index >= 15 is 0 Å². The van der Waals surface area contributed by atoms with Gasteiger partial charge < -0.3 is 19.8 Å². The van der Waals surface area contributed by atoms with Crippen LogP contribution in [-0.2, 0) is 4.74 Å². The summed E-state index contributed by atoms with van der Waals surface area (Å²) in [5.41, 5.74) is 1.18. The Morgan fingerprint density at radius 1 is 1.38 bits per heavy atom. The summed E-state index contributed by atoms with van der Waals surface area (Å²) in [6.07, 6.45) is -0.313. The molecule has 2 heterocycles. The molecule has 1 fully saturated rings. The fourth-order valence-electron chi connectivity index (χ4n) is 2.58. The Morgan fingerprint density at radius 3 is 2.92 bits per heavy atom. The highest BCUT2D eigenvalue weighted by Crippen LogP contribution is 2.31. The number of aromatic nitrogens is 2. The van der Waals surface area contributed by atoms with E-state index < -0.39 is 0 Å². The molecule has 1 atom stereocenters. The second-order valence-corrected chi connectivity index (χ2v) is 5.80. The Hall–Kier alpha value is -2.40. The highest BCUT2D eigenvalue weighted by atomic mass is 35.5. The van der Waals surface area contributed by atoms with Crippen molar-refractivity contribution >= 4 is 17.4 Å². The molecule has 0 unspecified atom stereocenters. The van der Waals surface area contributed by atoms with Crippen molar-refractivity contribution in [2.75, 3.05) is 31.2 Å². The quantitative estimate of drug-likeness (QED) is 0.869. The minimum Gasteiger partial charge on any atom is -0.507 e. The van der Waals surface area contributed by atoms with E-state index in [1.54, 1.807) is 18.2 Å². The number of anilines is 1. The minimum absolute atomic E-state index is 0.0276. The van der Waals surface area contributed by atoms with Gasteiger partial charge in [0.2, 0.25) is 0 Å². The van der Waals surface area contributed by atoms with E-state index in [1.807, 2.05) is 4.90 Å². The van der Waals surface area contributed by atoms with E-state index in [2.05, 4.69) is 16.3 Å². The van der Waals surface area contributed by atoms with Crippen LogP contribution >= 0.6 is 11.6 Å². The molecule has 3 rings (SSSR count). The van der Waals surface area contributed by atoms with Crippen LogP contribution in [-0.4, -0.2) is 52.8 Å². The van der Waals surface area contributed by atoms with Gasteiger partial charge in [0.25, 0.3) is 0 Å². The van der Waals surface area contributed by atoms with Crippen LogP contribution in [0.2, 0.25) is 5.02 Å². The van der Waals surface area contributed by atoms with Gasteiger partial charge in [-0.2, -0.15) is 5.26 Å². The summed E-state index contributed by atoms with van der Waals surface area (Å²) in [5, 5.41) is 37.4. The molecule has 0 bridgehead atoms. The Kier molecular flexibility index (Phi) is 4.81. The van der Waals surface area contributed by atoms with Crippen molar-refractivity contribution in [3.63, 3.8) is 0 Å². The molecule has 0 spiro atoms. The lowest BCUT2D eigenvalue weighted by Crippen LogP contribution is -2.44. The monoisotopic (exact) mass is 346 g/mol. The van der Waals surface area contributed by atoms with Gasteiger partial charge in [-0.15, -0.1) is 10.2 Å². The number of benzene rings is 1. The molecule has 2 N–H and O–H groups in total. The van der Waals surface area contributed by atoms with E-state index in [0.29, 0.717) is 47.4 Å². The first-order valence-electron chi connectivity index (χ1n) is 7.36. The number of phenols is 1. The third-order valence-electron chi connectivity index (χ3n) is 3.77. The smallest absolute Gasteiger partial charge is 0.169 e. The summed E-state index contributed by atoms with van der Waals surface area (Å²) in [6, 6.07) is 8.35. The predicted octanol–water partition coefficient (Wildman–Crippen LogP) is 1.57. The zero-order valence-corrected chi connectivity index (χ0v) is 13.4. The first-order chi connectivity index (χ1) is 11.6. The highest BCUT2D eigenvalue weighted by molar-refractivity contribution is 6.30. The van der Waals surface area contributed by atoms with Crippen LogP contribution < -0.4 is 4.90 Å². The van der Waals surface area contributed by atoms with Crippen LogP contribution in [0.1, 0.15) is 5.56 Å². The topological polar surface area (TPSA) is 102 Å². The summed E-state index contributed by atoms with van der Waals surface area (Å²) < 4.78 is 5.40. The number of nitrogens with zero attached hydrogens (tertiary/aromatic N) is 4. The summed E-state index contributed by atoms with van der Waals surface area (Å²) in [7, 11) is 0. The molecule has 1 aromatic carbocycles. The number of hydrogen-bond acceptors (Lipinski definition) is 7. The third kappa shape index (κ3) is 3.26. The number of ether oxygens (including phenoxy) is 1. The van der Waals surface area contributed by atoms with Crippen molar-refractivity contribution in [3.8, 4) is 23.1 Å². The van der Waals surface area contributed by atoms with Crippen LogP contribution in [0.25, 0.3) is 11.3 Å². The number of hydrogen-bond donors (Lipinski definition) is 2. The van der Waals surface area contributed by atoms with Crippen molar-refractivity contribution in [1.82, 2.24) is 10.2 Å². The van der Waals surface area contributed by atoms with Gasteiger partial charge in [0.15, 0.2) is 5.82 Å². The van der Waals surface area contributed by atoms with E-state index in [-0.39, 0.29) is 18.5 Å². The first-order valence-corrected chi connectivity index (χ1v) is 7.74. The van der Waals surface area contributed by atoms with Gasteiger partial charge >= 0.3 is 0 Å². The van der Waals surface area contributed by atoms with E-state index in [9.17, 15) is 15.5 Å². The van der Waals surface area contributed by atoms with Crippen LogP contribution in [0.4, 0.5) is 5.82 Å². The number of aromatic hydroxyl groups is 1. The molecule has 0 saturated carbocycles. The van der Waals surface area contributed by atoms with Crippen molar-refractivity contribution in [3.05, 3.63) is 34.9 Å². The van der Waals surface area contributed by atoms with Gasteiger partial charge in [0.1, 0.15) is 11.8 Å². The van der Waals surface area contributed by atoms with Crippen molar-refractivity contribution in [1.29, 1.82) is 5.26 Å². The molecule has 0 radical (unpaired) electrons. The summed E-state index contributed by atoms with van der Waals surface area (Å²) >= 11 is 5.83. The maximum atomic E-state index is 10.0. The van der Waals surface area contributed by atoms with Crippen molar-refractivity contribution < 1.29 is 14.9 Å². The summed E-state index contributed by atoms with van der Waals surface area (Å²) in [5.74, 6) is 0.414. The van der Waals surface area contributed by atoms with Crippen LogP contribution in [0.15, 0.2) is 24.3 Å². The number of halogens is 1. The molecule has 1 aliphatic heterocycles. The summed E-state index contributed by atoms with van der Waals surface area (Å²) in [4.78, 5) is 1.86. The molecular weight excluding hydrogens is 332 g/mol. The first kappa shape index (κ1) is 16.5. The maximum absolute atomic E-state index is 10.0. The average Bonchev–Trinajstić information content (AvgIpc) is 2.61. The number of aliphatic hydroxyl groups is 1. The number of morpholine rings is 1. The Balaban J connectivity index is 1.95. The highest BCUT2D eigenvalue weighted by Gasteiger charge is 2.24. The Labute approximate surface area is 143 Å². The average molecular weight is 347 g/mol. The largest absolute Gasteiger partial charge is 0.507 e. The van der Waals surface area contributed by atoms with Crippen LogP contribution in [0, 0.1) is 11.3 Å². The standard InChI is InChI=1S/C16H15ClN4O3/c17-11-1-2-13(15(23)6-11)14-5-10(7-18)16(20-19-14)21-3-4-24-12(8-21)9-22/h1-2,5-6,12,22-23H,3-4,8-9H2/t12-/m0/s1. The van der Waals surface area contributed by atoms with Crippen molar-refractivity contribution in [2.45, 2.75) is 6.10 Å². The van der Waals surface area contributed by atoms with E-state index in [1.165, 1.54) is 6.07 Å². The molecule has 24 heavy (non-hydrogen) atoms. The molecule has 8 heteroatoms. The van der Waals surface area contributed by atoms with Crippen molar-refractivity contribution in [2.24, 2.45) is 0 Å².